The van der Waals surface area contributed by atoms with Gasteiger partial charge in [-0.2, -0.15) is 0 Å². The lowest BCUT2D eigenvalue weighted by Crippen LogP contribution is -2.11. The highest BCUT2D eigenvalue weighted by molar-refractivity contribution is 6.31. The molecule has 0 unspecified atom stereocenters. The molecule has 2 N–H and O–H groups in total. The number of anilines is 3. The molecule has 0 aliphatic heterocycles. The van der Waals surface area contributed by atoms with Crippen LogP contribution in [-0.2, 0) is 0 Å². The molecule has 0 aliphatic rings. The van der Waals surface area contributed by atoms with E-state index >= 15 is 0 Å². The minimum Gasteiger partial charge on any atom is -0.397 e. The second kappa shape index (κ2) is 4.91. The Morgan fingerprint density at radius 2 is 1.72 bits per heavy atom. The predicted molar refractivity (Wildman–Crippen MR) is 79.8 cm³/mol. The van der Waals surface area contributed by atoms with E-state index in [-0.39, 0.29) is 0 Å². The first-order valence-corrected chi connectivity index (χ1v) is 6.23. The molecule has 0 heterocycles. The fourth-order valence-electron chi connectivity index (χ4n) is 1.90. The van der Waals surface area contributed by atoms with Crippen LogP contribution >= 0.6 is 11.6 Å². The first-order chi connectivity index (χ1) is 8.49. The predicted octanol–water partition coefficient (Wildman–Crippen LogP) is 4.31. The van der Waals surface area contributed by atoms with Crippen LogP contribution in [0, 0.1) is 13.8 Å². The summed E-state index contributed by atoms with van der Waals surface area (Å²) in [5, 5.41) is 0.657. The van der Waals surface area contributed by atoms with Crippen molar-refractivity contribution in [1.82, 2.24) is 0 Å². The van der Waals surface area contributed by atoms with Gasteiger partial charge in [-0.05, 0) is 55.3 Å². The Kier molecular flexibility index (Phi) is 3.48. The third-order valence-corrected chi connectivity index (χ3v) is 3.46. The van der Waals surface area contributed by atoms with Crippen molar-refractivity contribution in [1.29, 1.82) is 0 Å². The van der Waals surface area contributed by atoms with Crippen molar-refractivity contribution < 1.29 is 0 Å². The van der Waals surface area contributed by atoms with E-state index < -0.39 is 0 Å². The average molecular weight is 261 g/mol. The molecule has 18 heavy (non-hydrogen) atoms. The van der Waals surface area contributed by atoms with Crippen LogP contribution < -0.4 is 10.6 Å². The topological polar surface area (TPSA) is 29.3 Å². The number of nitrogens with two attached hydrogens (primary N) is 1. The van der Waals surface area contributed by atoms with Gasteiger partial charge in [0.05, 0.1) is 11.4 Å². The summed E-state index contributed by atoms with van der Waals surface area (Å²) in [6.45, 7) is 4.22. The highest BCUT2D eigenvalue weighted by atomic mass is 35.5. The molecular weight excluding hydrogens is 244 g/mol. The van der Waals surface area contributed by atoms with Gasteiger partial charge in [0.2, 0.25) is 0 Å². The summed E-state index contributed by atoms with van der Waals surface area (Å²) >= 11 is 5.92. The van der Waals surface area contributed by atoms with E-state index in [1.54, 1.807) is 6.07 Å². The third-order valence-electron chi connectivity index (χ3n) is 3.23. The zero-order chi connectivity index (χ0) is 13.3. The van der Waals surface area contributed by atoms with E-state index in [0.717, 1.165) is 11.4 Å². The Labute approximate surface area is 113 Å². The van der Waals surface area contributed by atoms with Crippen LogP contribution in [0.3, 0.4) is 0 Å². The van der Waals surface area contributed by atoms with E-state index in [1.165, 1.54) is 11.1 Å². The van der Waals surface area contributed by atoms with Crippen molar-refractivity contribution in [2.24, 2.45) is 0 Å². The summed E-state index contributed by atoms with van der Waals surface area (Å²) < 4.78 is 0. The van der Waals surface area contributed by atoms with E-state index in [9.17, 15) is 0 Å². The lowest BCUT2D eigenvalue weighted by molar-refractivity contribution is 1.19. The SMILES string of the molecule is Cc1ccc(N(C)c2ccc(Cl)cc2N)cc1C. The maximum atomic E-state index is 6.00. The standard InChI is InChI=1S/C15H17ClN2/c1-10-4-6-13(8-11(10)2)18(3)15-7-5-12(16)9-14(15)17/h4-9H,17H2,1-3H3. The van der Waals surface area contributed by atoms with Gasteiger partial charge < -0.3 is 10.6 Å². The van der Waals surface area contributed by atoms with Gasteiger partial charge in [-0.3, -0.25) is 0 Å². The lowest BCUT2D eigenvalue weighted by atomic mass is 10.1. The maximum absolute atomic E-state index is 6.00. The van der Waals surface area contributed by atoms with Gasteiger partial charge in [-0.25, -0.2) is 0 Å². The molecule has 2 aromatic rings. The number of benzene rings is 2. The summed E-state index contributed by atoms with van der Waals surface area (Å²) in [5.41, 5.74) is 11.3. The molecular formula is C15H17ClN2. The molecule has 0 fully saturated rings. The number of aryl methyl sites for hydroxylation is 2. The normalized spacial score (nSPS) is 10.4. The van der Waals surface area contributed by atoms with Gasteiger partial charge >= 0.3 is 0 Å². The second-order valence-corrected chi connectivity index (χ2v) is 4.97. The minimum atomic E-state index is 0.657. The first kappa shape index (κ1) is 12.8. The lowest BCUT2D eigenvalue weighted by Gasteiger charge is -2.22. The van der Waals surface area contributed by atoms with Crippen LogP contribution in [0.1, 0.15) is 11.1 Å². The quantitative estimate of drug-likeness (QED) is 0.816. The van der Waals surface area contributed by atoms with E-state index in [1.807, 2.05) is 19.2 Å². The van der Waals surface area contributed by atoms with Gasteiger partial charge in [-0.15, -0.1) is 0 Å². The van der Waals surface area contributed by atoms with Gasteiger partial charge in [0.1, 0.15) is 0 Å². The monoisotopic (exact) mass is 260 g/mol. The Morgan fingerprint density at radius 1 is 1.00 bits per heavy atom. The molecule has 2 nitrogen and oxygen atoms in total. The summed E-state index contributed by atoms with van der Waals surface area (Å²) in [4.78, 5) is 2.07. The third kappa shape index (κ3) is 2.44. The fraction of sp³-hybridized carbons (Fsp3) is 0.200. The summed E-state index contributed by atoms with van der Waals surface area (Å²) in [6.07, 6.45) is 0. The van der Waals surface area contributed by atoms with Crippen molar-refractivity contribution in [3.05, 3.63) is 52.5 Å². The molecule has 0 saturated carbocycles. The highest BCUT2D eigenvalue weighted by Crippen LogP contribution is 2.31. The van der Waals surface area contributed by atoms with E-state index in [2.05, 4.69) is 36.9 Å². The number of nitrogens with zero attached hydrogens (tertiary/aromatic N) is 1. The number of halogens is 1. The summed E-state index contributed by atoms with van der Waals surface area (Å²) in [5.74, 6) is 0. The highest BCUT2D eigenvalue weighted by Gasteiger charge is 2.08. The first-order valence-electron chi connectivity index (χ1n) is 5.85. The van der Waals surface area contributed by atoms with Crippen molar-refractivity contribution >= 4 is 28.7 Å². The second-order valence-electron chi connectivity index (χ2n) is 4.53. The van der Waals surface area contributed by atoms with E-state index in [4.69, 9.17) is 17.3 Å². The molecule has 0 aliphatic carbocycles. The number of nitrogen functional groups attached to an aromatic ring is 1. The van der Waals surface area contributed by atoms with Crippen molar-refractivity contribution in [2.45, 2.75) is 13.8 Å². The molecule has 2 rings (SSSR count). The molecule has 0 aromatic heterocycles. The van der Waals surface area contributed by atoms with Crippen LogP contribution in [0.2, 0.25) is 5.02 Å². The maximum Gasteiger partial charge on any atom is 0.0642 e. The Bertz CT molecular complexity index is 579. The molecule has 2 aromatic carbocycles. The zero-order valence-electron chi connectivity index (χ0n) is 10.9. The molecule has 0 radical (unpaired) electrons. The molecule has 94 valence electrons. The number of hydrogen-bond donors (Lipinski definition) is 1. The van der Waals surface area contributed by atoms with Gasteiger partial charge in [-0.1, -0.05) is 17.7 Å². The summed E-state index contributed by atoms with van der Waals surface area (Å²) in [7, 11) is 2.00. The van der Waals surface area contributed by atoms with Gasteiger partial charge in [0.25, 0.3) is 0 Å². The number of rotatable bonds is 2. The molecule has 0 saturated heterocycles. The van der Waals surface area contributed by atoms with Gasteiger partial charge in [0.15, 0.2) is 0 Å². The molecule has 0 atom stereocenters. The smallest absolute Gasteiger partial charge is 0.0642 e. The van der Waals surface area contributed by atoms with Crippen molar-refractivity contribution in [3.8, 4) is 0 Å². The van der Waals surface area contributed by atoms with Crippen molar-refractivity contribution in [3.63, 3.8) is 0 Å². The fourth-order valence-corrected chi connectivity index (χ4v) is 2.08. The van der Waals surface area contributed by atoms with Crippen LogP contribution in [0.15, 0.2) is 36.4 Å². The van der Waals surface area contributed by atoms with E-state index in [0.29, 0.717) is 10.7 Å². The molecule has 0 spiro atoms. The summed E-state index contributed by atoms with van der Waals surface area (Å²) in [6, 6.07) is 11.9. The van der Waals surface area contributed by atoms with Crippen LogP contribution in [0.25, 0.3) is 0 Å². The molecule has 0 amide bonds. The Hall–Kier alpha value is -1.67. The minimum absolute atomic E-state index is 0.657. The van der Waals surface area contributed by atoms with Crippen LogP contribution in [0.4, 0.5) is 17.1 Å². The Morgan fingerprint density at radius 3 is 2.33 bits per heavy atom. The number of hydrogen-bond acceptors (Lipinski definition) is 2. The zero-order valence-corrected chi connectivity index (χ0v) is 11.6. The van der Waals surface area contributed by atoms with Crippen molar-refractivity contribution in [2.75, 3.05) is 17.7 Å². The molecule has 0 bridgehead atoms. The molecule has 3 heteroatoms. The largest absolute Gasteiger partial charge is 0.397 e. The Balaban J connectivity index is 2.41. The van der Waals surface area contributed by atoms with Crippen LogP contribution in [-0.4, -0.2) is 7.05 Å². The van der Waals surface area contributed by atoms with Gasteiger partial charge in [0, 0.05) is 17.8 Å². The average Bonchev–Trinajstić information content (AvgIpc) is 2.32. The van der Waals surface area contributed by atoms with Crippen LogP contribution in [0.5, 0.6) is 0 Å².